The number of hydrogen-bond donors (Lipinski definition) is 2. The van der Waals surface area contributed by atoms with E-state index in [1.165, 1.54) is 22.2 Å². The van der Waals surface area contributed by atoms with Crippen LogP contribution >= 0.6 is 0 Å². The number of fused-ring (bicyclic) bond motifs is 1. The molecule has 0 saturated carbocycles. The lowest BCUT2D eigenvalue weighted by Crippen LogP contribution is -2.42. The predicted octanol–water partition coefficient (Wildman–Crippen LogP) is 1.88. The van der Waals surface area contributed by atoms with Crippen LogP contribution in [-0.2, 0) is 6.54 Å². The molecule has 2 heterocycles. The monoisotopic (exact) mass is 229 g/mol. The van der Waals surface area contributed by atoms with Crippen LogP contribution in [-0.4, -0.2) is 36.1 Å². The maximum atomic E-state index is 3.47. The Hall–Kier alpha value is -1.32. The highest BCUT2D eigenvalue weighted by atomic mass is 15.2. The fourth-order valence-electron chi connectivity index (χ4n) is 2.63. The first-order chi connectivity index (χ1) is 8.34. The van der Waals surface area contributed by atoms with E-state index in [0.717, 1.165) is 32.7 Å². The summed E-state index contributed by atoms with van der Waals surface area (Å²) in [4.78, 5) is 6.00. The summed E-state index contributed by atoms with van der Waals surface area (Å²) in [6.07, 6.45) is 0. The topological polar surface area (TPSA) is 31.1 Å². The van der Waals surface area contributed by atoms with Gasteiger partial charge in [-0.25, -0.2) is 0 Å². The number of benzene rings is 1. The third kappa shape index (κ3) is 2.08. The van der Waals surface area contributed by atoms with E-state index in [1.54, 1.807) is 0 Å². The smallest absolute Gasteiger partial charge is 0.0459 e. The molecule has 3 rings (SSSR count). The third-order valence-electron chi connectivity index (χ3n) is 3.62. The second-order valence-corrected chi connectivity index (χ2v) is 4.80. The molecule has 0 radical (unpaired) electrons. The summed E-state index contributed by atoms with van der Waals surface area (Å²) in [7, 11) is 0. The molecule has 1 saturated heterocycles. The second kappa shape index (κ2) is 4.51. The summed E-state index contributed by atoms with van der Waals surface area (Å²) in [6.45, 7) is 7.77. The van der Waals surface area contributed by atoms with E-state index < -0.39 is 0 Å². The molecule has 3 nitrogen and oxygen atoms in total. The van der Waals surface area contributed by atoms with E-state index in [9.17, 15) is 0 Å². The summed E-state index contributed by atoms with van der Waals surface area (Å²) in [6, 6.07) is 8.59. The first-order valence-corrected chi connectivity index (χ1v) is 6.34. The number of nitrogens with zero attached hydrogens (tertiary/aromatic N) is 1. The van der Waals surface area contributed by atoms with Gasteiger partial charge in [-0.15, -0.1) is 0 Å². The highest BCUT2D eigenvalue weighted by Crippen LogP contribution is 2.23. The molecule has 90 valence electrons. The van der Waals surface area contributed by atoms with Crippen molar-refractivity contribution in [2.24, 2.45) is 0 Å². The first-order valence-electron chi connectivity index (χ1n) is 6.34. The van der Waals surface area contributed by atoms with Crippen molar-refractivity contribution in [2.45, 2.75) is 13.5 Å². The Balaban J connectivity index is 1.90. The van der Waals surface area contributed by atoms with Crippen molar-refractivity contribution in [1.82, 2.24) is 15.2 Å². The number of aromatic nitrogens is 1. The number of nitrogens with one attached hydrogen (secondary N) is 2. The maximum absolute atomic E-state index is 3.47. The van der Waals surface area contributed by atoms with Gasteiger partial charge in [0.1, 0.15) is 0 Å². The first kappa shape index (κ1) is 10.8. The van der Waals surface area contributed by atoms with Crippen LogP contribution in [0.5, 0.6) is 0 Å². The molecular weight excluding hydrogens is 210 g/mol. The van der Waals surface area contributed by atoms with Crippen LogP contribution in [0.3, 0.4) is 0 Å². The van der Waals surface area contributed by atoms with Crippen LogP contribution in [0.4, 0.5) is 0 Å². The van der Waals surface area contributed by atoms with Gasteiger partial charge in [0.2, 0.25) is 0 Å². The van der Waals surface area contributed by atoms with E-state index in [2.05, 4.69) is 46.4 Å². The summed E-state index contributed by atoms with van der Waals surface area (Å²) in [5.41, 5.74) is 4.03. The number of para-hydroxylation sites is 1. The van der Waals surface area contributed by atoms with Gasteiger partial charge in [-0.3, -0.25) is 4.90 Å². The van der Waals surface area contributed by atoms with Gasteiger partial charge in [-0.05, 0) is 18.6 Å². The van der Waals surface area contributed by atoms with Crippen LogP contribution in [0.25, 0.3) is 10.9 Å². The quantitative estimate of drug-likeness (QED) is 0.824. The zero-order valence-electron chi connectivity index (χ0n) is 10.3. The number of aryl methyl sites for hydroxylation is 1. The van der Waals surface area contributed by atoms with E-state index >= 15 is 0 Å². The fraction of sp³-hybridized carbons (Fsp3) is 0.429. The molecular formula is C14H19N3. The van der Waals surface area contributed by atoms with Crippen LogP contribution in [0.1, 0.15) is 11.3 Å². The van der Waals surface area contributed by atoms with Gasteiger partial charge < -0.3 is 10.3 Å². The average Bonchev–Trinajstić information content (AvgIpc) is 2.68. The molecule has 0 amide bonds. The van der Waals surface area contributed by atoms with Gasteiger partial charge in [-0.1, -0.05) is 18.2 Å². The minimum atomic E-state index is 1.07. The molecule has 1 fully saturated rings. The Labute approximate surface area is 102 Å². The number of H-pyrrole nitrogens is 1. The minimum absolute atomic E-state index is 1.07. The van der Waals surface area contributed by atoms with Crippen molar-refractivity contribution < 1.29 is 0 Å². The minimum Gasteiger partial charge on any atom is -0.358 e. The summed E-state index contributed by atoms with van der Waals surface area (Å²) in [5.74, 6) is 0. The molecule has 3 heteroatoms. The largest absolute Gasteiger partial charge is 0.358 e. The van der Waals surface area contributed by atoms with Crippen molar-refractivity contribution in [2.75, 3.05) is 26.2 Å². The van der Waals surface area contributed by atoms with Crippen LogP contribution in [0.15, 0.2) is 24.3 Å². The Kier molecular flexibility index (Phi) is 2.87. The van der Waals surface area contributed by atoms with Crippen LogP contribution in [0.2, 0.25) is 0 Å². The zero-order valence-corrected chi connectivity index (χ0v) is 10.3. The Bertz CT molecular complexity index is 509. The number of piperazine rings is 1. The van der Waals surface area contributed by atoms with Gasteiger partial charge >= 0.3 is 0 Å². The molecule has 2 aromatic rings. The summed E-state index contributed by atoms with van der Waals surface area (Å²) in [5, 5.41) is 4.77. The van der Waals surface area contributed by atoms with E-state index in [1.807, 2.05) is 0 Å². The lowest BCUT2D eigenvalue weighted by molar-refractivity contribution is 0.233. The zero-order chi connectivity index (χ0) is 11.7. The van der Waals surface area contributed by atoms with E-state index in [4.69, 9.17) is 0 Å². The molecule has 0 spiro atoms. The van der Waals surface area contributed by atoms with Gasteiger partial charge in [0, 0.05) is 49.3 Å². The van der Waals surface area contributed by atoms with Gasteiger partial charge in [0.15, 0.2) is 0 Å². The molecule has 1 aromatic heterocycles. The SMILES string of the molecule is Cc1[nH]c2ccccc2c1CN1CCNCC1. The lowest BCUT2D eigenvalue weighted by Gasteiger charge is -2.27. The van der Waals surface area contributed by atoms with Crippen LogP contribution < -0.4 is 5.32 Å². The molecule has 17 heavy (non-hydrogen) atoms. The lowest BCUT2D eigenvalue weighted by atomic mass is 10.1. The number of rotatable bonds is 2. The molecule has 1 aromatic carbocycles. The highest BCUT2D eigenvalue weighted by Gasteiger charge is 2.14. The Morgan fingerprint density at radius 1 is 1.18 bits per heavy atom. The maximum Gasteiger partial charge on any atom is 0.0459 e. The number of hydrogen-bond acceptors (Lipinski definition) is 2. The van der Waals surface area contributed by atoms with Gasteiger partial charge in [0.25, 0.3) is 0 Å². The van der Waals surface area contributed by atoms with E-state index in [0.29, 0.717) is 0 Å². The Morgan fingerprint density at radius 2 is 1.94 bits per heavy atom. The number of aromatic amines is 1. The molecule has 0 bridgehead atoms. The summed E-state index contributed by atoms with van der Waals surface area (Å²) >= 11 is 0. The molecule has 2 N–H and O–H groups in total. The normalized spacial score (nSPS) is 17.7. The van der Waals surface area contributed by atoms with Crippen molar-refractivity contribution >= 4 is 10.9 Å². The average molecular weight is 229 g/mol. The standard InChI is InChI=1S/C14H19N3/c1-11-13(10-17-8-6-15-7-9-17)12-4-2-3-5-14(12)16-11/h2-5,15-16H,6-10H2,1H3. The second-order valence-electron chi connectivity index (χ2n) is 4.80. The van der Waals surface area contributed by atoms with Crippen LogP contribution in [0, 0.1) is 6.92 Å². The Morgan fingerprint density at radius 3 is 2.76 bits per heavy atom. The fourth-order valence-corrected chi connectivity index (χ4v) is 2.63. The van der Waals surface area contributed by atoms with Crippen molar-refractivity contribution in [3.63, 3.8) is 0 Å². The molecule has 0 atom stereocenters. The summed E-state index contributed by atoms with van der Waals surface area (Å²) < 4.78 is 0. The molecule has 0 aliphatic carbocycles. The predicted molar refractivity (Wildman–Crippen MR) is 71.2 cm³/mol. The van der Waals surface area contributed by atoms with Crippen molar-refractivity contribution in [3.05, 3.63) is 35.5 Å². The third-order valence-corrected chi connectivity index (χ3v) is 3.62. The molecule has 1 aliphatic rings. The van der Waals surface area contributed by atoms with E-state index in [-0.39, 0.29) is 0 Å². The van der Waals surface area contributed by atoms with Crippen molar-refractivity contribution in [1.29, 1.82) is 0 Å². The van der Waals surface area contributed by atoms with Gasteiger partial charge in [-0.2, -0.15) is 0 Å². The molecule has 1 aliphatic heterocycles. The van der Waals surface area contributed by atoms with Gasteiger partial charge in [0.05, 0.1) is 0 Å². The molecule has 0 unspecified atom stereocenters. The van der Waals surface area contributed by atoms with Crippen molar-refractivity contribution in [3.8, 4) is 0 Å². The highest BCUT2D eigenvalue weighted by molar-refractivity contribution is 5.84.